The molecular weight excluding hydrogens is 388 g/mol. The number of para-hydroxylation sites is 1. The van der Waals surface area contributed by atoms with E-state index < -0.39 is 11.9 Å². The summed E-state index contributed by atoms with van der Waals surface area (Å²) in [6.07, 6.45) is 1.40. The first-order chi connectivity index (χ1) is 14.6. The number of nitrogens with one attached hydrogen (secondary N) is 1. The SMILES string of the molecule is O=C(Oc1cccc(/C=N\NC(=O)c2ccccc2O)c1)c1ccc2c(c1)OCO2. The normalized spacial score (nSPS) is 12.0. The van der Waals surface area contributed by atoms with Gasteiger partial charge in [0.25, 0.3) is 5.91 Å². The van der Waals surface area contributed by atoms with Gasteiger partial charge < -0.3 is 19.3 Å². The molecule has 0 unspecified atom stereocenters. The van der Waals surface area contributed by atoms with Crippen LogP contribution >= 0.6 is 0 Å². The number of nitrogens with zero attached hydrogens (tertiary/aromatic N) is 1. The highest BCUT2D eigenvalue weighted by atomic mass is 16.7. The molecule has 2 N–H and O–H groups in total. The van der Waals surface area contributed by atoms with E-state index in [2.05, 4.69) is 10.5 Å². The van der Waals surface area contributed by atoms with E-state index in [4.69, 9.17) is 14.2 Å². The highest BCUT2D eigenvalue weighted by molar-refractivity contribution is 5.97. The molecule has 8 nitrogen and oxygen atoms in total. The van der Waals surface area contributed by atoms with Crippen LogP contribution in [0.1, 0.15) is 26.3 Å². The monoisotopic (exact) mass is 404 g/mol. The van der Waals surface area contributed by atoms with Crippen LogP contribution in [0.25, 0.3) is 0 Å². The topological polar surface area (TPSA) is 106 Å². The van der Waals surface area contributed by atoms with Gasteiger partial charge in [-0.15, -0.1) is 0 Å². The number of amides is 1. The number of hydrogen-bond donors (Lipinski definition) is 2. The number of rotatable bonds is 5. The molecule has 1 heterocycles. The van der Waals surface area contributed by atoms with Crippen molar-refractivity contribution < 1.29 is 28.9 Å². The molecule has 1 amide bonds. The van der Waals surface area contributed by atoms with Gasteiger partial charge in [-0.05, 0) is 48.0 Å². The standard InChI is InChI=1S/C22H16N2O6/c25-18-7-2-1-6-17(18)21(26)24-23-12-14-4-3-5-16(10-14)30-22(27)15-8-9-19-20(11-15)29-13-28-19/h1-12,25H,13H2,(H,24,26)/b23-12-. The van der Waals surface area contributed by atoms with Crippen molar-refractivity contribution in [1.82, 2.24) is 5.43 Å². The second-order valence-electron chi connectivity index (χ2n) is 6.25. The van der Waals surface area contributed by atoms with Gasteiger partial charge in [0.05, 0.1) is 17.3 Å². The van der Waals surface area contributed by atoms with Crippen molar-refractivity contribution in [2.45, 2.75) is 0 Å². The fourth-order valence-corrected chi connectivity index (χ4v) is 2.74. The summed E-state index contributed by atoms with van der Waals surface area (Å²) in [6.45, 7) is 0.121. The molecule has 150 valence electrons. The number of carbonyl (C=O) groups is 2. The molecule has 0 atom stereocenters. The number of hydrazone groups is 1. The average molecular weight is 404 g/mol. The number of carbonyl (C=O) groups excluding carboxylic acids is 2. The zero-order chi connectivity index (χ0) is 20.9. The van der Waals surface area contributed by atoms with E-state index in [1.165, 1.54) is 18.3 Å². The number of aromatic hydroxyl groups is 1. The first kappa shape index (κ1) is 19.0. The molecule has 8 heteroatoms. The predicted molar refractivity (Wildman–Crippen MR) is 107 cm³/mol. The second-order valence-corrected chi connectivity index (χ2v) is 6.25. The van der Waals surface area contributed by atoms with Crippen molar-refractivity contribution in [2.75, 3.05) is 6.79 Å². The van der Waals surface area contributed by atoms with Gasteiger partial charge in [-0.25, -0.2) is 10.2 Å². The van der Waals surface area contributed by atoms with Crippen molar-refractivity contribution in [3.63, 3.8) is 0 Å². The smallest absolute Gasteiger partial charge is 0.343 e. The van der Waals surface area contributed by atoms with Crippen LogP contribution in [0.15, 0.2) is 71.8 Å². The molecule has 4 rings (SSSR count). The number of hydrogen-bond acceptors (Lipinski definition) is 7. The van der Waals surface area contributed by atoms with E-state index in [-0.39, 0.29) is 18.1 Å². The third kappa shape index (κ3) is 4.22. The molecule has 0 saturated carbocycles. The van der Waals surface area contributed by atoms with Crippen LogP contribution in [0.5, 0.6) is 23.0 Å². The minimum absolute atomic E-state index is 0.112. The van der Waals surface area contributed by atoms with E-state index in [9.17, 15) is 14.7 Å². The molecule has 3 aromatic carbocycles. The maximum atomic E-state index is 12.4. The van der Waals surface area contributed by atoms with Crippen LogP contribution in [-0.4, -0.2) is 30.0 Å². The Balaban J connectivity index is 1.40. The lowest BCUT2D eigenvalue weighted by Crippen LogP contribution is -2.17. The zero-order valence-electron chi connectivity index (χ0n) is 15.6. The van der Waals surface area contributed by atoms with Crippen LogP contribution < -0.4 is 19.6 Å². The van der Waals surface area contributed by atoms with Gasteiger partial charge in [0.2, 0.25) is 6.79 Å². The highest BCUT2D eigenvalue weighted by Gasteiger charge is 2.17. The maximum Gasteiger partial charge on any atom is 0.343 e. The van der Waals surface area contributed by atoms with Crippen molar-refractivity contribution in [3.05, 3.63) is 83.4 Å². The number of phenols is 1. The van der Waals surface area contributed by atoms with E-state index in [1.54, 1.807) is 54.6 Å². The van der Waals surface area contributed by atoms with Gasteiger partial charge in [-0.2, -0.15) is 5.10 Å². The van der Waals surface area contributed by atoms with Crippen LogP contribution in [0.3, 0.4) is 0 Å². The van der Waals surface area contributed by atoms with E-state index in [0.717, 1.165) is 0 Å². The Labute approximate surface area is 171 Å². The van der Waals surface area contributed by atoms with Gasteiger partial charge in [0, 0.05) is 0 Å². The third-order valence-electron chi connectivity index (χ3n) is 4.21. The largest absolute Gasteiger partial charge is 0.507 e. The van der Waals surface area contributed by atoms with E-state index >= 15 is 0 Å². The Kier molecular flexibility index (Phi) is 5.29. The van der Waals surface area contributed by atoms with Crippen molar-refractivity contribution in [3.8, 4) is 23.0 Å². The summed E-state index contributed by atoms with van der Waals surface area (Å²) in [4.78, 5) is 24.4. The first-order valence-corrected chi connectivity index (χ1v) is 8.93. The van der Waals surface area contributed by atoms with Gasteiger partial charge in [-0.1, -0.05) is 24.3 Å². The molecule has 30 heavy (non-hydrogen) atoms. The highest BCUT2D eigenvalue weighted by Crippen LogP contribution is 2.32. The summed E-state index contributed by atoms with van der Waals surface area (Å²) in [5, 5.41) is 13.6. The minimum atomic E-state index is -0.547. The van der Waals surface area contributed by atoms with Crippen LogP contribution in [-0.2, 0) is 0 Å². The lowest BCUT2D eigenvalue weighted by molar-refractivity contribution is 0.0734. The number of fused-ring (bicyclic) bond motifs is 1. The fraction of sp³-hybridized carbons (Fsp3) is 0.0455. The van der Waals surface area contributed by atoms with Crippen LogP contribution in [0, 0.1) is 0 Å². The Morgan fingerprint density at radius 3 is 2.70 bits per heavy atom. The van der Waals surface area contributed by atoms with Gasteiger partial charge in [0.1, 0.15) is 11.5 Å². The molecule has 1 aliphatic rings. The summed E-state index contributed by atoms with van der Waals surface area (Å²) in [5.74, 6) is 0.155. The first-order valence-electron chi connectivity index (χ1n) is 8.93. The molecule has 0 radical (unpaired) electrons. The minimum Gasteiger partial charge on any atom is -0.507 e. The lowest BCUT2D eigenvalue weighted by Gasteiger charge is -2.06. The molecule has 0 aliphatic carbocycles. The predicted octanol–water partition coefficient (Wildman–Crippen LogP) is 3.10. The van der Waals surface area contributed by atoms with Crippen molar-refractivity contribution in [2.24, 2.45) is 5.10 Å². The van der Waals surface area contributed by atoms with E-state index in [1.807, 2.05) is 0 Å². The number of phenolic OH excluding ortho intramolecular Hbond substituents is 1. The zero-order valence-corrected chi connectivity index (χ0v) is 15.6. The van der Waals surface area contributed by atoms with Crippen LogP contribution in [0.2, 0.25) is 0 Å². The van der Waals surface area contributed by atoms with Gasteiger partial charge in [0.15, 0.2) is 11.5 Å². The molecule has 0 bridgehead atoms. The van der Waals surface area contributed by atoms with Crippen molar-refractivity contribution >= 4 is 18.1 Å². The second kappa shape index (κ2) is 8.36. The Hall–Kier alpha value is -4.33. The summed E-state index contributed by atoms with van der Waals surface area (Å²) in [5.41, 5.74) is 3.37. The average Bonchev–Trinajstić information content (AvgIpc) is 3.22. The lowest BCUT2D eigenvalue weighted by atomic mass is 10.2. The number of benzene rings is 3. The molecule has 0 spiro atoms. The van der Waals surface area contributed by atoms with Gasteiger partial charge >= 0.3 is 5.97 Å². The molecular formula is C22H16N2O6. The van der Waals surface area contributed by atoms with Crippen molar-refractivity contribution in [1.29, 1.82) is 0 Å². The maximum absolute atomic E-state index is 12.4. The summed E-state index contributed by atoms with van der Waals surface area (Å²) in [6, 6.07) is 17.6. The molecule has 0 aromatic heterocycles. The summed E-state index contributed by atoms with van der Waals surface area (Å²) < 4.78 is 15.9. The Morgan fingerprint density at radius 1 is 1.00 bits per heavy atom. The third-order valence-corrected chi connectivity index (χ3v) is 4.21. The van der Waals surface area contributed by atoms with Crippen LogP contribution in [0.4, 0.5) is 0 Å². The van der Waals surface area contributed by atoms with Gasteiger partial charge in [-0.3, -0.25) is 4.79 Å². The number of esters is 1. The quantitative estimate of drug-likeness (QED) is 0.293. The molecule has 3 aromatic rings. The molecule has 0 fully saturated rings. The summed E-state index contributed by atoms with van der Waals surface area (Å²) in [7, 11) is 0. The van der Waals surface area contributed by atoms with E-state index in [0.29, 0.717) is 28.4 Å². The fourth-order valence-electron chi connectivity index (χ4n) is 2.74. The Morgan fingerprint density at radius 2 is 1.83 bits per heavy atom. The number of ether oxygens (including phenoxy) is 3. The Bertz CT molecular complexity index is 1140. The summed E-state index contributed by atoms with van der Waals surface area (Å²) >= 11 is 0. The molecule has 1 aliphatic heterocycles. The molecule has 0 saturated heterocycles.